The largest absolute Gasteiger partial charge is 0.298 e. The van der Waals surface area contributed by atoms with Gasteiger partial charge in [-0.05, 0) is 31.0 Å². The number of carbonyl (C=O) groups is 1. The molecule has 0 N–H and O–H groups in total. The average Bonchev–Trinajstić information content (AvgIpc) is 2.68. The van der Waals surface area contributed by atoms with Crippen LogP contribution in [0.25, 0.3) is 0 Å². The molecular weight excluding hydrogens is 294 g/mol. The van der Waals surface area contributed by atoms with Gasteiger partial charge in [0.1, 0.15) is 6.29 Å². The maximum absolute atomic E-state index is 10.6. The van der Waals surface area contributed by atoms with Crippen LogP contribution in [0.5, 0.6) is 0 Å². The quantitative estimate of drug-likeness (QED) is 0.439. The van der Waals surface area contributed by atoms with E-state index in [2.05, 4.69) is 4.99 Å². The lowest BCUT2D eigenvalue weighted by molar-refractivity contribution is 0.112. The van der Waals surface area contributed by atoms with Crippen molar-refractivity contribution in [1.29, 1.82) is 0 Å². The highest BCUT2D eigenvalue weighted by Gasteiger charge is 2.00. The summed E-state index contributed by atoms with van der Waals surface area (Å²) < 4.78 is 0. The third-order valence-electron chi connectivity index (χ3n) is 2.87. The van der Waals surface area contributed by atoms with Crippen LogP contribution in [0.4, 0.5) is 5.69 Å². The first-order valence-electron chi connectivity index (χ1n) is 8.87. The van der Waals surface area contributed by atoms with E-state index in [1.807, 2.05) is 91.8 Å². The summed E-state index contributed by atoms with van der Waals surface area (Å²) in [4.78, 5) is 15.2. The molecule has 2 rings (SSSR count). The van der Waals surface area contributed by atoms with E-state index in [-0.39, 0.29) is 0 Å². The molecule has 24 heavy (non-hydrogen) atoms. The molecule has 0 spiro atoms. The summed E-state index contributed by atoms with van der Waals surface area (Å²) in [6, 6.07) is 15.5. The van der Waals surface area contributed by atoms with Crippen LogP contribution >= 0.6 is 0 Å². The molecule has 0 unspecified atom stereocenters. The standard InChI is InChI=1S/C16H15NO.3C2H6/c1-12-5-3-4-6-16(12)17-13(2)15-9-7-14(11-18)8-10-15;3*1-2/h3-11H,1-2H3;3*1-2H3. The Hall–Kier alpha value is -2.22. The van der Waals surface area contributed by atoms with Crippen molar-refractivity contribution in [2.24, 2.45) is 4.99 Å². The Balaban J connectivity index is 0. The van der Waals surface area contributed by atoms with Crippen molar-refractivity contribution in [1.82, 2.24) is 0 Å². The summed E-state index contributed by atoms with van der Waals surface area (Å²) in [5, 5.41) is 0. The van der Waals surface area contributed by atoms with Crippen LogP contribution in [0.15, 0.2) is 53.5 Å². The molecule has 2 nitrogen and oxygen atoms in total. The fraction of sp³-hybridized carbons (Fsp3) is 0.364. The summed E-state index contributed by atoms with van der Waals surface area (Å²) in [6.07, 6.45) is 0.845. The molecule has 2 aromatic carbocycles. The van der Waals surface area contributed by atoms with Gasteiger partial charge in [-0.3, -0.25) is 9.79 Å². The highest BCUT2D eigenvalue weighted by molar-refractivity contribution is 6.00. The Morgan fingerprint density at radius 3 is 1.79 bits per heavy atom. The fourth-order valence-electron chi connectivity index (χ4n) is 1.74. The van der Waals surface area contributed by atoms with Gasteiger partial charge in [-0.1, -0.05) is 84.0 Å². The van der Waals surface area contributed by atoms with E-state index in [4.69, 9.17) is 0 Å². The molecule has 2 aromatic rings. The first-order chi connectivity index (χ1) is 11.7. The van der Waals surface area contributed by atoms with E-state index in [1.165, 1.54) is 0 Å². The van der Waals surface area contributed by atoms with Crippen LogP contribution in [-0.4, -0.2) is 12.0 Å². The first-order valence-corrected chi connectivity index (χ1v) is 8.87. The van der Waals surface area contributed by atoms with Gasteiger partial charge in [0, 0.05) is 11.3 Å². The summed E-state index contributed by atoms with van der Waals surface area (Å²) >= 11 is 0. The molecule has 0 aliphatic heterocycles. The van der Waals surface area contributed by atoms with E-state index in [0.717, 1.165) is 28.8 Å². The molecule has 0 saturated carbocycles. The van der Waals surface area contributed by atoms with Crippen molar-refractivity contribution in [3.63, 3.8) is 0 Å². The zero-order chi connectivity index (χ0) is 19.0. The van der Waals surface area contributed by atoms with E-state index in [0.29, 0.717) is 5.56 Å². The number of aldehydes is 1. The SMILES string of the molecule is CC.CC.CC.CC(=Nc1ccccc1C)c1ccc(C=O)cc1. The molecule has 2 heteroatoms. The van der Waals surface area contributed by atoms with Crippen molar-refractivity contribution < 1.29 is 4.79 Å². The maximum atomic E-state index is 10.6. The molecule has 0 aromatic heterocycles. The van der Waals surface area contributed by atoms with Crippen LogP contribution in [0.3, 0.4) is 0 Å². The number of hydrogen-bond acceptors (Lipinski definition) is 2. The number of aliphatic imine (C=N–C) groups is 1. The minimum atomic E-state index is 0.683. The van der Waals surface area contributed by atoms with Gasteiger partial charge in [-0.25, -0.2) is 0 Å². The van der Waals surface area contributed by atoms with Crippen molar-refractivity contribution in [2.75, 3.05) is 0 Å². The van der Waals surface area contributed by atoms with E-state index in [9.17, 15) is 4.79 Å². The molecule has 0 radical (unpaired) electrons. The van der Waals surface area contributed by atoms with Crippen molar-refractivity contribution >= 4 is 17.7 Å². The third-order valence-corrected chi connectivity index (χ3v) is 2.87. The molecular formula is C22H33NO. The lowest BCUT2D eigenvalue weighted by Gasteiger charge is -2.03. The number of benzene rings is 2. The molecule has 0 aliphatic carbocycles. The molecule has 0 amide bonds. The molecule has 0 atom stereocenters. The van der Waals surface area contributed by atoms with Crippen LogP contribution in [-0.2, 0) is 0 Å². The zero-order valence-corrected chi connectivity index (χ0v) is 16.6. The third kappa shape index (κ3) is 8.42. The normalized spacial score (nSPS) is 9.25. The van der Waals surface area contributed by atoms with Gasteiger partial charge in [0.05, 0.1) is 5.69 Å². The van der Waals surface area contributed by atoms with Gasteiger partial charge < -0.3 is 0 Å². The van der Waals surface area contributed by atoms with Crippen molar-refractivity contribution in [2.45, 2.75) is 55.4 Å². The number of aryl methyl sites for hydroxylation is 1. The Bertz CT molecular complexity index is 583. The summed E-state index contributed by atoms with van der Waals surface area (Å²) in [7, 11) is 0. The number of para-hydroxylation sites is 1. The van der Waals surface area contributed by atoms with Crippen molar-refractivity contribution in [3.05, 3.63) is 65.2 Å². The lowest BCUT2D eigenvalue weighted by Crippen LogP contribution is -1.94. The van der Waals surface area contributed by atoms with Crippen LogP contribution in [0.1, 0.15) is 70.0 Å². The monoisotopic (exact) mass is 327 g/mol. The number of carbonyl (C=O) groups excluding carboxylic acids is 1. The van der Waals surface area contributed by atoms with Crippen LogP contribution in [0, 0.1) is 6.92 Å². The van der Waals surface area contributed by atoms with Gasteiger partial charge >= 0.3 is 0 Å². The first kappa shape index (κ1) is 24.0. The van der Waals surface area contributed by atoms with Gasteiger partial charge in [0.2, 0.25) is 0 Å². The van der Waals surface area contributed by atoms with Gasteiger partial charge in [0.25, 0.3) is 0 Å². The van der Waals surface area contributed by atoms with Crippen LogP contribution < -0.4 is 0 Å². The van der Waals surface area contributed by atoms with Gasteiger partial charge in [-0.2, -0.15) is 0 Å². The highest BCUT2D eigenvalue weighted by Crippen LogP contribution is 2.18. The Kier molecular flexibility index (Phi) is 15.7. The second-order valence-corrected chi connectivity index (χ2v) is 4.22. The van der Waals surface area contributed by atoms with Gasteiger partial charge in [0.15, 0.2) is 0 Å². The zero-order valence-electron chi connectivity index (χ0n) is 16.6. The molecule has 0 heterocycles. The topological polar surface area (TPSA) is 29.4 Å². The Morgan fingerprint density at radius 2 is 1.33 bits per heavy atom. The Labute approximate surface area is 148 Å². The second-order valence-electron chi connectivity index (χ2n) is 4.22. The van der Waals surface area contributed by atoms with Gasteiger partial charge in [-0.15, -0.1) is 0 Å². The fourth-order valence-corrected chi connectivity index (χ4v) is 1.74. The molecule has 0 aliphatic rings. The summed E-state index contributed by atoms with van der Waals surface area (Å²) in [6.45, 7) is 16.0. The van der Waals surface area contributed by atoms with Crippen molar-refractivity contribution in [3.8, 4) is 0 Å². The van der Waals surface area contributed by atoms with E-state index < -0.39 is 0 Å². The average molecular weight is 328 g/mol. The molecule has 0 saturated heterocycles. The lowest BCUT2D eigenvalue weighted by atomic mass is 10.1. The maximum Gasteiger partial charge on any atom is 0.150 e. The molecule has 0 fully saturated rings. The minimum Gasteiger partial charge on any atom is -0.298 e. The Morgan fingerprint density at radius 1 is 0.833 bits per heavy atom. The van der Waals surface area contributed by atoms with E-state index in [1.54, 1.807) is 12.1 Å². The van der Waals surface area contributed by atoms with Crippen LogP contribution in [0.2, 0.25) is 0 Å². The summed E-state index contributed by atoms with van der Waals surface area (Å²) in [5.74, 6) is 0. The highest BCUT2D eigenvalue weighted by atomic mass is 16.1. The number of hydrogen-bond donors (Lipinski definition) is 0. The smallest absolute Gasteiger partial charge is 0.150 e. The number of rotatable bonds is 3. The molecule has 0 bridgehead atoms. The van der Waals surface area contributed by atoms with E-state index >= 15 is 0 Å². The minimum absolute atomic E-state index is 0.683. The predicted octanol–water partition coefficient (Wildman–Crippen LogP) is 7.03. The second kappa shape index (κ2) is 15.7. The summed E-state index contributed by atoms with van der Waals surface area (Å²) in [5.41, 5.74) is 4.80. The molecule has 132 valence electrons. The predicted molar refractivity (Wildman–Crippen MR) is 109 cm³/mol. The number of nitrogens with zero attached hydrogens (tertiary/aromatic N) is 1.